The van der Waals surface area contributed by atoms with Crippen LogP contribution in [0.25, 0.3) is 0 Å². The van der Waals surface area contributed by atoms with Crippen molar-refractivity contribution in [2.24, 2.45) is 4.99 Å². The molecule has 0 spiro atoms. The van der Waals surface area contributed by atoms with Gasteiger partial charge >= 0.3 is 0 Å². The molecule has 0 saturated carbocycles. The normalized spacial score (nSPS) is 11.9. The standard InChI is InChI=1S/C16H18N2O/c1-16(2,3)12-4-6-13(7-5-12)18-11-15-9-8-14(10-17)19-15/h4-11,17H,1-3H3. The van der Waals surface area contributed by atoms with Gasteiger partial charge in [-0.1, -0.05) is 32.9 Å². The Balaban J connectivity index is 2.13. The molecule has 0 aliphatic rings. The van der Waals surface area contributed by atoms with Gasteiger partial charge in [-0.3, -0.25) is 4.99 Å². The van der Waals surface area contributed by atoms with Crippen molar-refractivity contribution in [2.75, 3.05) is 0 Å². The molecule has 0 unspecified atom stereocenters. The quantitative estimate of drug-likeness (QED) is 0.814. The Labute approximate surface area is 113 Å². The minimum Gasteiger partial charge on any atom is -0.454 e. The van der Waals surface area contributed by atoms with E-state index in [0.717, 1.165) is 5.69 Å². The Kier molecular flexibility index (Phi) is 3.65. The van der Waals surface area contributed by atoms with Crippen LogP contribution in [0.1, 0.15) is 37.9 Å². The van der Waals surface area contributed by atoms with Crippen LogP contribution in [0.2, 0.25) is 0 Å². The molecule has 0 saturated heterocycles. The molecule has 2 rings (SSSR count). The zero-order chi connectivity index (χ0) is 13.9. The third-order valence-corrected chi connectivity index (χ3v) is 2.86. The Morgan fingerprint density at radius 1 is 1.00 bits per heavy atom. The van der Waals surface area contributed by atoms with Crippen molar-refractivity contribution in [1.29, 1.82) is 5.41 Å². The van der Waals surface area contributed by atoms with E-state index >= 15 is 0 Å². The monoisotopic (exact) mass is 254 g/mol. The van der Waals surface area contributed by atoms with Gasteiger partial charge in [0.15, 0.2) is 0 Å². The predicted octanol–water partition coefficient (Wildman–Crippen LogP) is 4.33. The van der Waals surface area contributed by atoms with E-state index in [2.05, 4.69) is 37.9 Å². The van der Waals surface area contributed by atoms with E-state index < -0.39 is 0 Å². The molecule has 1 aromatic carbocycles. The maximum atomic E-state index is 7.07. The van der Waals surface area contributed by atoms with Gasteiger partial charge in [-0.05, 0) is 35.2 Å². The number of hydrogen-bond acceptors (Lipinski definition) is 3. The Hall–Kier alpha value is -2.16. The molecular weight excluding hydrogens is 236 g/mol. The molecule has 0 fully saturated rings. The van der Waals surface area contributed by atoms with Crippen LogP contribution in [-0.2, 0) is 5.41 Å². The third-order valence-electron chi connectivity index (χ3n) is 2.86. The molecule has 0 bridgehead atoms. The summed E-state index contributed by atoms with van der Waals surface area (Å²) in [7, 11) is 0. The number of aliphatic imine (C=N–C) groups is 1. The van der Waals surface area contributed by atoms with E-state index in [9.17, 15) is 0 Å². The van der Waals surface area contributed by atoms with E-state index in [1.807, 2.05) is 12.1 Å². The van der Waals surface area contributed by atoms with Crippen molar-refractivity contribution < 1.29 is 4.42 Å². The minimum absolute atomic E-state index is 0.155. The van der Waals surface area contributed by atoms with Gasteiger partial charge in [-0.25, -0.2) is 0 Å². The summed E-state index contributed by atoms with van der Waals surface area (Å²) in [5, 5.41) is 7.07. The van der Waals surface area contributed by atoms with Crippen LogP contribution in [0.5, 0.6) is 0 Å². The number of nitrogens with zero attached hydrogens (tertiary/aromatic N) is 1. The molecule has 3 nitrogen and oxygen atoms in total. The van der Waals surface area contributed by atoms with Crippen LogP contribution in [0.15, 0.2) is 45.8 Å². The Morgan fingerprint density at radius 3 is 2.16 bits per heavy atom. The fraction of sp³-hybridized carbons (Fsp3) is 0.250. The summed E-state index contributed by atoms with van der Waals surface area (Å²) in [5.41, 5.74) is 2.33. The average molecular weight is 254 g/mol. The fourth-order valence-electron chi connectivity index (χ4n) is 1.70. The molecule has 0 atom stereocenters. The van der Waals surface area contributed by atoms with Gasteiger partial charge in [0.05, 0.1) is 18.1 Å². The highest BCUT2D eigenvalue weighted by atomic mass is 16.3. The smallest absolute Gasteiger partial charge is 0.145 e. The fourth-order valence-corrected chi connectivity index (χ4v) is 1.70. The first-order chi connectivity index (χ1) is 8.99. The lowest BCUT2D eigenvalue weighted by Crippen LogP contribution is -2.10. The van der Waals surface area contributed by atoms with Gasteiger partial charge in [0.25, 0.3) is 0 Å². The van der Waals surface area contributed by atoms with Crippen molar-refractivity contribution in [2.45, 2.75) is 26.2 Å². The highest BCUT2D eigenvalue weighted by molar-refractivity contribution is 5.81. The zero-order valence-corrected chi connectivity index (χ0v) is 11.5. The topological polar surface area (TPSA) is 49.4 Å². The lowest BCUT2D eigenvalue weighted by atomic mass is 9.87. The van der Waals surface area contributed by atoms with Crippen molar-refractivity contribution in [3.63, 3.8) is 0 Å². The largest absolute Gasteiger partial charge is 0.454 e. The highest BCUT2D eigenvalue weighted by Gasteiger charge is 2.12. The lowest BCUT2D eigenvalue weighted by Gasteiger charge is -2.18. The van der Waals surface area contributed by atoms with E-state index in [-0.39, 0.29) is 5.41 Å². The maximum absolute atomic E-state index is 7.07. The molecule has 1 aromatic heterocycles. The van der Waals surface area contributed by atoms with Crippen LogP contribution in [0, 0.1) is 5.41 Å². The summed E-state index contributed by atoms with van der Waals surface area (Å²) in [6.07, 6.45) is 2.84. The first-order valence-electron chi connectivity index (χ1n) is 6.24. The predicted molar refractivity (Wildman–Crippen MR) is 79.0 cm³/mol. The summed E-state index contributed by atoms with van der Waals surface area (Å²) in [6.45, 7) is 6.56. The zero-order valence-electron chi connectivity index (χ0n) is 11.5. The van der Waals surface area contributed by atoms with E-state index in [0.29, 0.717) is 11.5 Å². The molecule has 0 amide bonds. The molecule has 0 aliphatic carbocycles. The molecule has 98 valence electrons. The van der Waals surface area contributed by atoms with Crippen molar-refractivity contribution in [3.8, 4) is 0 Å². The van der Waals surface area contributed by atoms with E-state index in [1.165, 1.54) is 11.8 Å². The number of furan rings is 1. The van der Waals surface area contributed by atoms with Crippen LogP contribution in [0.4, 0.5) is 5.69 Å². The number of rotatable bonds is 3. The number of hydrogen-bond donors (Lipinski definition) is 1. The third kappa shape index (κ3) is 3.41. The van der Waals surface area contributed by atoms with Gasteiger partial charge < -0.3 is 9.83 Å². The summed E-state index contributed by atoms with van der Waals surface area (Å²) in [6, 6.07) is 11.7. The van der Waals surface area contributed by atoms with E-state index in [1.54, 1.807) is 18.3 Å². The van der Waals surface area contributed by atoms with Crippen LogP contribution in [0.3, 0.4) is 0 Å². The molecule has 19 heavy (non-hydrogen) atoms. The van der Waals surface area contributed by atoms with Crippen molar-refractivity contribution in [1.82, 2.24) is 0 Å². The molecule has 1 N–H and O–H groups in total. The molecule has 2 aromatic rings. The number of benzene rings is 1. The number of nitrogens with one attached hydrogen (secondary N) is 1. The SMILES string of the molecule is CC(C)(C)c1ccc(N=Cc2ccc(C=N)o2)cc1. The molecule has 1 heterocycles. The highest BCUT2D eigenvalue weighted by Crippen LogP contribution is 2.24. The summed E-state index contributed by atoms with van der Waals surface area (Å²) in [4.78, 5) is 4.35. The summed E-state index contributed by atoms with van der Waals surface area (Å²) < 4.78 is 5.34. The Morgan fingerprint density at radius 2 is 1.63 bits per heavy atom. The lowest BCUT2D eigenvalue weighted by molar-refractivity contribution is 0.553. The summed E-state index contributed by atoms with van der Waals surface area (Å²) >= 11 is 0. The summed E-state index contributed by atoms with van der Waals surface area (Å²) in [5.74, 6) is 1.18. The Bertz CT molecular complexity index is 586. The van der Waals surface area contributed by atoms with Gasteiger partial charge in [-0.15, -0.1) is 0 Å². The van der Waals surface area contributed by atoms with Crippen LogP contribution in [-0.4, -0.2) is 12.4 Å². The molecule has 0 aliphatic heterocycles. The van der Waals surface area contributed by atoms with Crippen LogP contribution >= 0.6 is 0 Å². The first kappa shape index (κ1) is 13.3. The second kappa shape index (κ2) is 5.22. The van der Waals surface area contributed by atoms with Crippen molar-refractivity contribution >= 4 is 18.1 Å². The molecular formula is C16H18N2O. The molecule has 3 heteroatoms. The van der Waals surface area contributed by atoms with Gasteiger partial charge in [0.1, 0.15) is 11.5 Å². The van der Waals surface area contributed by atoms with Gasteiger partial charge in [0, 0.05) is 0 Å². The van der Waals surface area contributed by atoms with Gasteiger partial charge in [0.2, 0.25) is 0 Å². The minimum atomic E-state index is 0.155. The second-order valence-electron chi connectivity index (χ2n) is 5.44. The van der Waals surface area contributed by atoms with E-state index in [4.69, 9.17) is 9.83 Å². The van der Waals surface area contributed by atoms with Crippen molar-refractivity contribution in [3.05, 3.63) is 53.5 Å². The van der Waals surface area contributed by atoms with Crippen LogP contribution < -0.4 is 0 Å². The molecule has 0 radical (unpaired) electrons. The maximum Gasteiger partial charge on any atom is 0.145 e. The van der Waals surface area contributed by atoms with Gasteiger partial charge in [-0.2, -0.15) is 0 Å². The average Bonchev–Trinajstić information content (AvgIpc) is 2.84. The first-order valence-corrected chi connectivity index (χ1v) is 6.24. The second-order valence-corrected chi connectivity index (χ2v) is 5.44.